The molecule has 3 rings (SSSR count). The smallest absolute Gasteiger partial charge is 0.299 e. The van der Waals surface area contributed by atoms with E-state index in [1.807, 2.05) is 23.1 Å². The highest BCUT2D eigenvalue weighted by Gasteiger charge is 2.37. The molecule has 2 aromatic rings. The summed E-state index contributed by atoms with van der Waals surface area (Å²) in [6.07, 6.45) is 6.27. The van der Waals surface area contributed by atoms with Crippen molar-refractivity contribution in [1.29, 1.82) is 0 Å². The summed E-state index contributed by atoms with van der Waals surface area (Å²) < 4.78 is 0. The van der Waals surface area contributed by atoms with Crippen molar-refractivity contribution in [2.45, 2.75) is 32.4 Å². The third kappa shape index (κ3) is 2.26. The summed E-state index contributed by atoms with van der Waals surface area (Å²) in [5.41, 5.74) is 3.81. The van der Waals surface area contributed by atoms with Gasteiger partial charge in [0.25, 0.3) is 5.91 Å². The molecule has 2 heterocycles. The van der Waals surface area contributed by atoms with Gasteiger partial charge in [-0.3, -0.25) is 4.79 Å². The van der Waals surface area contributed by atoms with Crippen LogP contribution in [0.4, 0.5) is 0 Å². The predicted octanol–water partition coefficient (Wildman–Crippen LogP) is 3.55. The molecule has 1 aliphatic heterocycles. The lowest BCUT2D eigenvalue weighted by Gasteiger charge is -2.40. The average molecular weight is 295 g/mol. The first-order valence-corrected chi connectivity index (χ1v) is 7.92. The van der Waals surface area contributed by atoms with Crippen LogP contribution in [0, 0.1) is 19.3 Å². The molecule has 0 aliphatic carbocycles. The average Bonchev–Trinajstić information content (AvgIpc) is 2.87. The van der Waals surface area contributed by atoms with Crippen molar-refractivity contribution in [2.24, 2.45) is 0 Å². The molecule has 0 N–H and O–H groups in total. The van der Waals surface area contributed by atoms with Gasteiger partial charge in [-0.15, -0.1) is 17.8 Å². The monoisotopic (exact) mass is 295 g/mol. The van der Waals surface area contributed by atoms with Gasteiger partial charge in [0, 0.05) is 10.9 Å². The number of amides is 1. The minimum Gasteiger partial charge on any atom is -0.317 e. The van der Waals surface area contributed by atoms with E-state index in [0.29, 0.717) is 0 Å². The topological polar surface area (TPSA) is 20.3 Å². The fourth-order valence-corrected chi connectivity index (χ4v) is 4.30. The number of carbonyl (C=O) groups excluding carboxylic acids is 1. The number of carbonyl (C=O) groups is 1. The van der Waals surface area contributed by atoms with Gasteiger partial charge in [-0.25, -0.2) is 0 Å². The van der Waals surface area contributed by atoms with E-state index in [1.54, 1.807) is 11.3 Å². The summed E-state index contributed by atoms with van der Waals surface area (Å²) >= 11 is 1.73. The highest BCUT2D eigenvalue weighted by atomic mass is 32.1. The Bertz CT molecular complexity index is 711. The van der Waals surface area contributed by atoms with Crippen LogP contribution in [0.3, 0.4) is 0 Å². The first-order chi connectivity index (χ1) is 10.1. The summed E-state index contributed by atoms with van der Waals surface area (Å²) in [7, 11) is 0. The summed E-state index contributed by atoms with van der Waals surface area (Å²) in [5, 5.41) is 2.18. The molecule has 0 unspecified atom stereocenters. The van der Waals surface area contributed by atoms with E-state index in [-0.39, 0.29) is 18.0 Å². The molecule has 1 aliphatic rings. The number of terminal acetylenes is 1. The molecule has 1 aromatic heterocycles. The Kier molecular flexibility index (Phi) is 3.57. The molecule has 3 heteroatoms. The number of nitrogens with zero attached hydrogens (tertiary/aromatic N) is 1. The van der Waals surface area contributed by atoms with Gasteiger partial charge in [0.2, 0.25) is 0 Å². The number of fused-ring (bicyclic) bond motifs is 1. The molecule has 2 nitrogen and oxygen atoms in total. The molecule has 0 fully saturated rings. The van der Waals surface area contributed by atoms with Crippen LogP contribution in [0.2, 0.25) is 0 Å². The molecule has 106 valence electrons. The molecule has 0 saturated carbocycles. The molecular weight excluding hydrogens is 278 g/mol. The Morgan fingerprint density at radius 1 is 1.38 bits per heavy atom. The minimum absolute atomic E-state index is 0.0628. The maximum absolute atomic E-state index is 12.3. The minimum atomic E-state index is -0.229. The maximum atomic E-state index is 12.3. The van der Waals surface area contributed by atoms with Crippen molar-refractivity contribution in [1.82, 2.24) is 4.90 Å². The van der Waals surface area contributed by atoms with Crippen LogP contribution >= 0.6 is 11.3 Å². The molecule has 0 bridgehead atoms. The Balaban J connectivity index is 2.18. The number of aryl methyl sites for hydroxylation is 1. The van der Waals surface area contributed by atoms with Gasteiger partial charge in [0.15, 0.2) is 0 Å². The van der Waals surface area contributed by atoms with Crippen molar-refractivity contribution in [2.75, 3.05) is 0 Å². The molecule has 0 spiro atoms. The second-order valence-electron chi connectivity index (χ2n) is 5.48. The number of rotatable bonds is 1. The lowest BCUT2D eigenvalue weighted by molar-refractivity contribution is -0.129. The van der Waals surface area contributed by atoms with Gasteiger partial charge < -0.3 is 4.90 Å². The summed E-state index contributed by atoms with van der Waals surface area (Å²) in [5.74, 6) is 2.07. The third-order valence-electron chi connectivity index (χ3n) is 4.11. The van der Waals surface area contributed by atoms with Gasteiger partial charge in [-0.1, -0.05) is 30.3 Å². The SMILES string of the molecule is C#CC(=O)N1[C@@H](c2ccccc2)c2scc(C)c2C[C@@H]1C. The molecule has 2 atom stereocenters. The summed E-state index contributed by atoms with van der Waals surface area (Å²) in [4.78, 5) is 15.4. The lowest BCUT2D eigenvalue weighted by Crippen LogP contribution is -2.45. The van der Waals surface area contributed by atoms with Crippen LogP contribution in [-0.4, -0.2) is 16.8 Å². The van der Waals surface area contributed by atoms with E-state index in [0.717, 1.165) is 12.0 Å². The van der Waals surface area contributed by atoms with E-state index in [4.69, 9.17) is 6.42 Å². The Morgan fingerprint density at radius 2 is 2.10 bits per heavy atom. The van der Waals surface area contributed by atoms with Crippen LogP contribution in [0.5, 0.6) is 0 Å². The molecule has 21 heavy (non-hydrogen) atoms. The second-order valence-corrected chi connectivity index (χ2v) is 6.40. The quantitative estimate of drug-likeness (QED) is 0.737. The van der Waals surface area contributed by atoms with Crippen molar-refractivity contribution in [3.8, 4) is 12.3 Å². The van der Waals surface area contributed by atoms with Crippen molar-refractivity contribution in [3.05, 3.63) is 57.3 Å². The van der Waals surface area contributed by atoms with E-state index in [2.05, 4.69) is 37.3 Å². The fraction of sp³-hybridized carbons (Fsp3) is 0.278. The number of thiophene rings is 1. The maximum Gasteiger partial charge on any atom is 0.299 e. The largest absolute Gasteiger partial charge is 0.317 e. The Morgan fingerprint density at radius 3 is 2.76 bits per heavy atom. The molecule has 1 aromatic carbocycles. The Labute approximate surface area is 129 Å². The number of benzene rings is 1. The summed E-state index contributed by atoms with van der Waals surface area (Å²) in [6.45, 7) is 4.22. The highest BCUT2D eigenvalue weighted by Crippen LogP contribution is 2.42. The van der Waals surface area contributed by atoms with E-state index >= 15 is 0 Å². The lowest BCUT2D eigenvalue weighted by atomic mass is 9.89. The number of hydrogen-bond acceptors (Lipinski definition) is 2. The molecule has 0 radical (unpaired) electrons. The predicted molar refractivity (Wildman–Crippen MR) is 86.2 cm³/mol. The fourth-order valence-electron chi connectivity index (χ4n) is 3.09. The van der Waals surface area contributed by atoms with Crippen LogP contribution < -0.4 is 0 Å². The molecular formula is C18H17NOS. The van der Waals surface area contributed by atoms with Gasteiger partial charge in [0.05, 0.1) is 6.04 Å². The first-order valence-electron chi connectivity index (χ1n) is 7.04. The van der Waals surface area contributed by atoms with E-state index in [1.165, 1.54) is 16.0 Å². The first kappa shape index (κ1) is 13.9. The highest BCUT2D eigenvalue weighted by molar-refractivity contribution is 7.10. The zero-order valence-corrected chi connectivity index (χ0v) is 13.0. The van der Waals surface area contributed by atoms with Gasteiger partial charge in [0.1, 0.15) is 0 Å². The zero-order valence-electron chi connectivity index (χ0n) is 12.2. The van der Waals surface area contributed by atoms with Gasteiger partial charge >= 0.3 is 0 Å². The van der Waals surface area contributed by atoms with Crippen molar-refractivity contribution < 1.29 is 4.79 Å². The van der Waals surface area contributed by atoms with E-state index < -0.39 is 0 Å². The zero-order chi connectivity index (χ0) is 15.0. The summed E-state index contributed by atoms with van der Waals surface area (Å²) in [6, 6.07) is 10.2. The van der Waals surface area contributed by atoms with E-state index in [9.17, 15) is 4.79 Å². The van der Waals surface area contributed by atoms with Gasteiger partial charge in [-0.2, -0.15) is 0 Å². The number of hydrogen-bond donors (Lipinski definition) is 0. The van der Waals surface area contributed by atoms with Crippen LogP contribution in [0.25, 0.3) is 0 Å². The van der Waals surface area contributed by atoms with Crippen LogP contribution in [0.1, 0.15) is 34.5 Å². The van der Waals surface area contributed by atoms with Crippen LogP contribution in [-0.2, 0) is 11.2 Å². The normalized spacial score (nSPS) is 20.7. The molecule has 0 saturated heterocycles. The van der Waals surface area contributed by atoms with Gasteiger partial charge in [-0.05, 0) is 48.3 Å². The second kappa shape index (κ2) is 5.38. The molecule has 1 amide bonds. The van der Waals surface area contributed by atoms with Crippen LogP contribution in [0.15, 0.2) is 35.7 Å². The third-order valence-corrected chi connectivity index (χ3v) is 5.31. The van der Waals surface area contributed by atoms with Crippen molar-refractivity contribution in [3.63, 3.8) is 0 Å². The Hall–Kier alpha value is -2.05. The standard InChI is InChI=1S/C18H17NOS/c1-4-16(20)19-13(3)10-15-12(2)11-21-18(15)17(19)14-8-6-5-7-9-14/h1,5-9,11,13,17H,10H2,2-3H3/t13-,17-/m0/s1. The van der Waals surface area contributed by atoms with Crippen molar-refractivity contribution >= 4 is 17.2 Å².